The molecule has 0 bridgehead atoms. The summed E-state index contributed by atoms with van der Waals surface area (Å²) in [6, 6.07) is 5.93. The first-order valence-corrected chi connectivity index (χ1v) is 6.69. The van der Waals surface area contributed by atoms with Gasteiger partial charge < -0.3 is 15.2 Å². The summed E-state index contributed by atoms with van der Waals surface area (Å²) in [5.41, 5.74) is 8.78. The van der Waals surface area contributed by atoms with Crippen molar-refractivity contribution < 1.29 is 9.47 Å². The van der Waals surface area contributed by atoms with Crippen LogP contribution in [0.5, 0.6) is 11.5 Å². The molecule has 0 radical (unpaired) electrons. The molecule has 1 heterocycles. The fourth-order valence-electron chi connectivity index (χ4n) is 2.69. The second kappa shape index (κ2) is 5.02. The highest BCUT2D eigenvalue weighted by atomic mass is 16.6. The zero-order valence-corrected chi connectivity index (χ0v) is 10.5. The summed E-state index contributed by atoms with van der Waals surface area (Å²) >= 11 is 0. The Morgan fingerprint density at radius 2 is 2.00 bits per heavy atom. The van der Waals surface area contributed by atoms with Gasteiger partial charge in [-0.1, -0.05) is 23.8 Å². The van der Waals surface area contributed by atoms with Crippen LogP contribution in [0.15, 0.2) is 29.8 Å². The average molecular weight is 245 g/mol. The summed E-state index contributed by atoms with van der Waals surface area (Å²) in [6.07, 6.45) is 7.06. The van der Waals surface area contributed by atoms with Crippen LogP contribution >= 0.6 is 0 Å². The van der Waals surface area contributed by atoms with Crippen LogP contribution in [0, 0.1) is 0 Å². The van der Waals surface area contributed by atoms with E-state index in [4.69, 9.17) is 15.2 Å². The summed E-state index contributed by atoms with van der Waals surface area (Å²) in [6.45, 7) is 1.23. The summed E-state index contributed by atoms with van der Waals surface area (Å²) in [4.78, 5) is 0. The number of para-hydroxylation sites is 1. The summed E-state index contributed by atoms with van der Waals surface area (Å²) in [7, 11) is 0. The minimum atomic E-state index is -0.0537. The molecule has 1 aromatic carbocycles. The van der Waals surface area contributed by atoms with Crippen molar-refractivity contribution in [2.45, 2.75) is 31.7 Å². The van der Waals surface area contributed by atoms with Crippen molar-refractivity contribution >= 4 is 0 Å². The Kier molecular flexibility index (Phi) is 3.24. The Balaban J connectivity index is 1.93. The third-order valence-electron chi connectivity index (χ3n) is 3.66. The van der Waals surface area contributed by atoms with Crippen LogP contribution in [0.4, 0.5) is 0 Å². The Morgan fingerprint density at radius 3 is 2.83 bits per heavy atom. The maximum atomic E-state index is 6.39. The fraction of sp³-hybridized carbons (Fsp3) is 0.467. The van der Waals surface area contributed by atoms with Gasteiger partial charge in [-0.15, -0.1) is 0 Å². The van der Waals surface area contributed by atoms with E-state index in [-0.39, 0.29) is 6.04 Å². The van der Waals surface area contributed by atoms with Crippen molar-refractivity contribution in [3.05, 3.63) is 35.4 Å². The highest BCUT2D eigenvalue weighted by Gasteiger charge is 2.22. The maximum Gasteiger partial charge on any atom is 0.166 e. The van der Waals surface area contributed by atoms with Gasteiger partial charge >= 0.3 is 0 Å². The first-order valence-electron chi connectivity index (χ1n) is 6.69. The van der Waals surface area contributed by atoms with Gasteiger partial charge in [-0.3, -0.25) is 0 Å². The molecule has 1 aliphatic carbocycles. The number of hydrogen-bond donors (Lipinski definition) is 1. The van der Waals surface area contributed by atoms with Gasteiger partial charge in [0.1, 0.15) is 13.2 Å². The van der Waals surface area contributed by atoms with Crippen molar-refractivity contribution in [2.75, 3.05) is 13.2 Å². The number of allylic oxidation sites excluding steroid dienone is 1. The molecule has 1 atom stereocenters. The van der Waals surface area contributed by atoms with Gasteiger partial charge in [-0.25, -0.2) is 0 Å². The van der Waals surface area contributed by atoms with E-state index < -0.39 is 0 Å². The van der Waals surface area contributed by atoms with Crippen LogP contribution in [0.1, 0.15) is 37.3 Å². The van der Waals surface area contributed by atoms with Crippen LogP contribution in [0.2, 0.25) is 0 Å². The Morgan fingerprint density at radius 1 is 1.11 bits per heavy atom. The lowest BCUT2D eigenvalue weighted by Gasteiger charge is -2.25. The van der Waals surface area contributed by atoms with Gasteiger partial charge in [0.25, 0.3) is 0 Å². The lowest BCUT2D eigenvalue weighted by molar-refractivity contribution is 0.169. The van der Waals surface area contributed by atoms with E-state index in [1.165, 1.54) is 18.4 Å². The molecule has 3 nitrogen and oxygen atoms in total. The van der Waals surface area contributed by atoms with E-state index in [0.29, 0.717) is 13.2 Å². The largest absolute Gasteiger partial charge is 0.486 e. The van der Waals surface area contributed by atoms with E-state index in [1.807, 2.05) is 18.2 Å². The fourth-order valence-corrected chi connectivity index (χ4v) is 2.69. The average Bonchev–Trinajstić information content (AvgIpc) is 2.47. The number of fused-ring (bicyclic) bond motifs is 1. The number of nitrogens with two attached hydrogens (primary N) is 1. The number of rotatable bonds is 2. The molecule has 2 N–H and O–H groups in total. The monoisotopic (exact) mass is 245 g/mol. The predicted octanol–water partition coefficient (Wildman–Crippen LogP) is 2.96. The summed E-state index contributed by atoms with van der Waals surface area (Å²) in [5, 5.41) is 0. The first kappa shape index (κ1) is 11.6. The highest BCUT2D eigenvalue weighted by molar-refractivity contribution is 5.50. The predicted molar refractivity (Wildman–Crippen MR) is 70.9 cm³/mol. The minimum Gasteiger partial charge on any atom is -0.486 e. The van der Waals surface area contributed by atoms with E-state index >= 15 is 0 Å². The number of benzene rings is 1. The molecule has 18 heavy (non-hydrogen) atoms. The minimum absolute atomic E-state index is 0.0537. The van der Waals surface area contributed by atoms with Gasteiger partial charge in [0.05, 0.1) is 6.04 Å². The number of hydrogen-bond acceptors (Lipinski definition) is 3. The van der Waals surface area contributed by atoms with E-state index in [2.05, 4.69) is 6.08 Å². The maximum absolute atomic E-state index is 6.39. The Bertz CT molecular complexity index is 468. The van der Waals surface area contributed by atoms with Crippen LogP contribution in [-0.2, 0) is 0 Å². The molecule has 96 valence electrons. The first-order chi connectivity index (χ1) is 8.86. The molecule has 1 unspecified atom stereocenters. The highest BCUT2D eigenvalue weighted by Crippen LogP contribution is 2.39. The van der Waals surface area contributed by atoms with Crippen LogP contribution in [0.25, 0.3) is 0 Å². The zero-order valence-electron chi connectivity index (χ0n) is 10.5. The molecule has 0 amide bonds. The van der Waals surface area contributed by atoms with E-state index in [9.17, 15) is 0 Å². The second-order valence-corrected chi connectivity index (χ2v) is 4.87. The van der Waals surface area contributed by atoms with Crippen LogP contribution in [-0.4, -0.2) is 13.2 Å². The van der Waals surface area contributed by atoms with Crippen molar-refractivity contribution in [3.8, 4) is 11.5 Å². The van der Waals surface area contributed by atoms with Crippen LogP contribution in [0.3, 0.4) is 0 Å². The second-order valence-electron chi connectivity index (χ2n) is 4.87. The molecule has 3 heteroatoms. The molecule has 0 spiro atoms. The van der Waals surface area contributed by atoms with Crippen molar-refractivity contribution in [1.82, 2.24) is 0 Å². The van der Waals surface area contributed by atoms with Crippen molar-refractivity contribution in [1.29, 1.82) is 0 Å². The van der Waals surface area contributed by atoms with E-state index in [0.717, 1.165) is 29.9 Å². The van der Waals surface area contributed by atoms with Gasteiger partial charge in [0.15, 0.2) is 11.5 Å². The SMILES string of the molecule is NC(C1=CCCCC1)c1cccc2c1OCCO2. The topological polar surface area (TPSA) is 44.5 Å². The number of ether oxygens (including phenoxy) is 2. The zero-order chi connectivity index (χ0) is 12.4. The molecular formula is C15H19NO2. The smallest absolute Gasteiger partial charge is 0.166 e. The van der Waals surface area contributed by atoms with E-state index in [1.54, 1.807) is 0 Å². The third-order valence-corrected chi connectivity index (χ3v) is 3.66. The quantitative estimate of drug-likeness (QED) is 0.815. The molecular weight excluding hydrogens is 226 g/mol. The standard InChI is InChI=1S/C15H19NO2/c16-14(11-5-2-1-3-6-11)12-7-4-8-13-15(12)18-10-9-17-13/h4-5,7-8,14H,1-3,6,9-10,16H2. The van der Waals surface area contributed by atoms with Gasteiger partial charge in [-0.2, -0.15) is 0 Å². The normalized spacial score (nSPS) is 20.2. The molecule has 0 saturated carbocycles. The van der Waals surface area contributed by atoms with Crippen LogP contribution < -0.4 is 15.2 Å². The Hall–Kier alpha value is -1.48. The lowest BCUT2D eigenvalue weighted by atomic mass is 9.90. The molecule has 1 aliphatic heterocycles. The van der Waals surface area contributed by atoms with Crippen molar-refractivity contribution in [2.24, 2.45) is 5.73 Å². The van der Waals surface area contributed by atoms with Gasteiger partial charge in [0, 0.05) is 5.56 Å². The Labute approximate surface area is 108 Å². The molecule has 0 saturated heterocycles. The molecule has 0 aromatic heterocycles. The molecule has 2 aliphatic rings. The molecule has 1 aromatic rings. The summed E-state index contributed by atoms with van der Waals surface area (Å²) in [5.74, 6) is 1.66. The third kappa shape index (κ3) is 2.10. The van der Waals surface area contributed by atoms with Gasteiger partial charge in [0.2, 0.25) is 0 Å². The summed E-state index contributed by atoms with van der Waals surface area (Å²) < 4.78 is 11.3. The molecule has 3 rings (SSSR count). The van der Waals surface area contributed by atoms with Crippen molar-refractivity contribution in [3.63, 3.8) is 0 Å². The van der Waals surface area contributed by atoms with Gasteiger partial charge in [-0.05, 0) is 31.7 Å². The molecule has 0 fully saturated rings. The lowest BCUT2D eigenvalue weighted by Crippen LogP contribution is -2.21.